The lowest BCUT2D eigenvalue weighted by molar-refractivity contribution is 0.186. The van der Waals surface area contributed by atoms with E-state index in [0.29, 0.717) is 34.1 Å². The largest absolute Gasteiger partial charge is 0.438 e. The molecule has 0 amide bonds. The molecule has 0 spiro atoms. The molecule has 3 rings (SSSR count). The van der Waals surface area contributed by atoms with E-state index >= 15 is 0 Å². The van der Waals surface area contributed by atoms with Crippen LogP contribution in [0.5, 0.6) is 11.6 Å². The molecule has 2 heterocycles. The number of nitrogens with zero attached hydrogens (tertiary/aromatic N) is 5. The average molecular weight is 392 g/mol. The Morgan fingerprint density at radius 3 is 2.48 bits per heavy atom. The molecule has 3 N–H and O–H groups in total. The molecule has 0 saturated carbocycles. The molecule has 8 nitrogen and oxygen atoms in total. The number of hydrogen-bond donors (Lipinski definition) is 2. The fourth-order valence-corrected chi connectivity index (χ4v) is 2.67. The van der Waals surface area contributed by atoms with Crippen LogP contribution >= 0.6 is 0 Å². The first kappa shape index (κ1) is 20.5. The summed E-state index contributed by atoms with van der Waals surface area (Å²) in [4.78, 5) is 8.66. The molecule has 2 aromatic heterocycles. The van der Waals surface area contributed by atoms with Crippen molar-refractivity contribution in [2.24, 2.45) is 12.8 Å². The molecule has 0 radical (unpaired) electrons. The zero-order valence-electron chi connectivity index (χ0n) is 16.9. The van der Waals surface area contributed by atoms with Crippen molar-refractivity contribution in [3.63, 3.8) is 0 Å². The van der Waals surface area contributed by atoms with E-state index in [9.17, 15) is 10.4 Å². The van der Waals surface area contributed by atoms with Crippen LogP contribution in [0.3, 0.4) is 0 Å². The van der Waals surface area contributed by atoms with E-state index in [-0.39, 0.29) is 12.0 Å². The van der Waals surface area contributed by atoms with Gasteiger partial charge in [0.1, 0.15) is 5.75 Å². The predicted molar refractivity (Wildman–Crippen MR) is 108 cm³/mol. The lowest BCUT2D eigenvalue weighted by atomic mass is 9.93. The quantitative estimate of drug-likeness (QED) is 0.684. The van der Waals surface area contributed by atoms with Crippen LogP contribution in [0.4, 0.5) is 0 Å². The van der Waals surface area contributed by atoms with Crippen molar-refractivity contribution >= 4 is 0 Å². The van der Waals surface area contributed by atoms with Gasteiger partial charge in [-0.05, 0) is 18.2 Å². The van der Waals surface area contributed by atoms with Crippen LogP contribution in [0.1, 0.15) is 43.7 Å². The highest BCUT2D eigenvalue weighted by atomic mass is 16.5. The van der Waals surface area contributed by atoms with Gasteiger partial charge in [-0.1, -0.05) is 20.8 Å². The Labute approximate surface area is 169 Å². The van der Waals surface area contributed by atoms with Crippen LogP contribution in [0, 0.1) is 11.3 Å². The molecular formula is C21H24N6O2. The molecular weight excluding hydrogens is 368 g/mol. The molecule has 1 unspecified atom stereocenters. The Morgan fingerprint density at radius 1 is 1.24 bits per heavy atom. The molecule has 1 atom stereocenters. The second-order valence-corrected chi connectivity index (χ2v) is 7.76. The minimum Gasteiger partial charge on any atom is -0.438 e. The third kappa shape index (κ3) is 4.42. The van der Waals surface area contributed by atoms with E-state index in [1.165, 1.54) is 12.4 Å². The first-order chi connectivity index (χ1) is 13.7. The number of ether oxygens (including phenoxy) is 1. The van der Waals surface area contributed by atoms with E-state index < -0.39 is 6.10 Å². The summed E-state index contributed by atoms with van der Waals surface area (Å²) >= 11 is 0. The third-order valence-corrected chi connectivity index (χ3v) is 4.45. The van der Waals surface area contributed by atoms with Crippen LogP contribution in [-0.4, -0.2) is 31.4 Å². The van der Waals surface area contributed by atoms with Gasteiger partial charge in [0.15, 0.2) is 5.82 Å². The normalized spacial score (nSPS) is 12.4. The van der Waals surface area contributed by atoms with Gasteiger partial charge in [0, 0.05) is 43.0 Å². The van der Waals surface area contributed by atoms with Gasteiger partial charge in [0.2, 0.25) is 5.88 Å². The minimum atomic E-state index is -0.814. The van der Waals surface area contributed by atoms with Crippen molar-refractivity contribution in [2.75, 3.05) is 6.54 Å². The number of aromatic nitrogens is 4. The summed E-state index contributed by atoms with van der Waals surface area (Å²) in [5.41, 5.74) is 7.86. The molecule has 1 aromatic carbocycles. The third-order valence-electron chi connectivity index (χ3n) is 4.45. The zero-order chi connectivity index (χ0) is 21.2. The highest BCUT2D eigenvalue weighted by molar-refractivity contribution is 5.66. The minimum absolute atomic E-state index is 0.0878. The Bertz CT molecular complexity index is 1040. The summed E-state index contributed by atoms with van der Waals surface area (Å²) in [6.45, 7) is 6.31. The van der Waals surface area contributed by atoms with E-state index in [0.717, 1.165) is 5.69 Å². The second kappa shape index (κ2) is 7.99. The Kier molecular flexibility index (Phi) is 5.64. The molecule has 8 heteroatoms. The van der Waals surface area contributed by atoms with Crippen molar-refractivity contribution in [3.05, 3.63) is 53.5 Å². The van der Waals surface area contributed by atoms with E-state index in [4.69, 9.17) is 10.5 Å². The van der Waals surface area contributed by atoms with Gasteiger partial charge in [-0.2, -0.15) is 10.4 Å². The molecule has 3 aromatic rings. The molecule has 0 fully saturated rings. The molecule has 0 aliphatic rings. The zero-order valence-corrected chi connectivity index (χ0v) is 16.9. The van der Waals surface area contributed by atoms with Crippen LogP contribution < -0.4 is 10.5 Å². The molecule has 0 aliphatic heterocycles. The molecule has 0 saturated heterocycles. The van der Waals surface area contributed by atoms with E-state index in [2.05, 4.69) is 41.9 Å². The smallest absolute Gasteiger partial charge is 0.217 e. The number of rotatable bonds is 5. The van der Waals surface area contributed by atoms with Gasteiger partial charge in [-0.25, -0.2) is 14.6 Å². The van der Waals surface area contributed by atoms with Crippen molar-refractivity contribution < 1.29 is 9.84 Å². The Morgan fingerprint density at radius 2 is 1.93 bits per heavy atom. The maximum atomic E-state index is 9.83. The topological polar surface area (TPSA) is 123 Å². The number of hydrogen-bond acceptors (Lipinski definition) is 7. The molecule has 0 bridgehead atoms. The highest BCUT2D eigenvalue weighted by Gasteiger charge is 2.21. The fourth-order valence-electron chi connectivity index (χ4n) is 2.67. The summed E-state index contributed by atoms with van der Waals surface area (Å²) in [6.07, 6.45) is 2.25. The van der Waals surface area contributed by atoms with E-state index in [1.54, 1.807) is 29.9 Å². The van der Waals surface area contributed by atoms with Gasteiger partial charge in [0.25, 0.3) is 0 Å². The molecule has 29 heavy (non-hydrogen) atoms. The summed E-state index contributed by atoms with van der Waals surface area (Å²) in [5.74, 6) is 1.40. The van der Waals surface area contributed by atoms with E-state index in [1.807, 2.05) is 6.07 Å². The maximum absolute atomic E-state index is 9.83. The van der Waals surface area contributed by atoms with Gasteiger partial charge in [-0.3, -0.25) is 0 Å². The maximum Gasteiger partial charge on any atom is 0.217 e. The lowest BCUT2D eigenvalue weighted by Gasteiger charge is -2.13. The van der Waals surface area contributed by atoms with Crippen molar-refractivity contribution in [2.45, 2.75) is 32.3 Å². The standard InChI is InChI=1S/C21H24N6O2/c1-21(2,3)18-8-19(27(4)26-18)29-17-7-13(9-22)5-6-15(17)20-24-11-14(12-25-20)16(28)10-23/h5-8,11-12,16,28H,10,23H2,1-4H3. The number of benzene rings is 1. The SMILES string of the molecule is Cn1nc(C(C)(C)C)cc1Oc1cc(C#N)ccc1-c1ncc(C(O)CN)cn1. The summed E-state index contributed by atoms with van der Waals surface area (Å²) < 4.78 is 7.77. The van der Waals surface area contributed by atoms with Crippen LogP contribution in [0.25, 0.3) is 11.4 Å². The number of nitrogens with two attached hydrogens (primary N) is 1. The van der Waals surface area contributed by atoms with Crippen LogP contribution in [0.2, 0.25) is 0 Å². The van der Waals surface area contributed by atoms with Crippen molar-refractivity contribution in [3.8, 4) is 29.1 Å². The predicted octanol–water partition coefficient (Wildman–Crippen LogP) is 2.83. The molecule has 0 aliphatic carbocycles. The fraction of sp³-hybridized carbons (Fsp3) is 0.333. The number of aryl methyl sites for hydroxylation is 1. The monoisotopic (exact) mass is 392 g/mol. The van der Waals surface area contributed by atoms with Crippen molar-refractivity contribution in [1.82, 2.24) is 19.7 Å². The summed E-state index contributed by atoms with van der Waals surface area (Å²) in [5, 5.41) is 23.6. The number of aliphatic hydroxyl groups is 1. The second-order valence-electron chi connectivity index (χ2n) is 7.76. The summed E-state index contributed by atoms with van der Waals surface area (Å²) in [7, 11) is 1.80. The Balaban J connectivity index is 2.01. The summed E-state index contributed by atoms with van der Waals surface area (Å²) in [6, 6.07) is 9.06. The average Bonchev–Trinajstić information content (AvgIpc) is 3.08. The lowest BCUT2D eigenvalue weighted by Crippen LogP contribution is -2.12. The highest BCUT2D eigenvalue weighted by Crippen LogP contribution is 2.34. The number of nitriles is 1. The van der Waals surface area contributed by atoms with Crippen molar-refractivity contribution in [1.29, 1.82) is 5.26 Å². The van der Waals surface area contributed by atoms with Gasteiger partial charge >= 0.3 is 0 Å². The molecule has 150 valence electrons. The van der Waals surface area contributed by atoms with Gasteiger partial charge in [-0.15, -0.1) is 0 Å². The first-order valence-electron chi connectivity index (χ1n) is 9.20. The Hall–Kier alpha value is -3.28. The van der Waals surface area contributed by atoms with Gasteiger partial charge < -0.3 is 15.6 Å². The van der Waals surface area contributed by atoms with Gasteiger partial charge in [0.05, 0.1) is 29.0 Å². The van der Waals surface area contributed by atoms with Crippen LogP contribution in [0.15, 0.2) is 36.7 Å². The first-order valence-corrected chi connectivity index (χ1v) is 9.20. The van der Waals surface area contributed by atoms with Crippen LogP contribution in [-0.2, 0) is 12.5 Å². The number of aliphatic hydroxyl groups excluding tert-OH is 1.